The highest BCUT2D eigenvalue weighted by Crippen LogP contribution is 2.41. The quantitative estimate of drug-likeness (QED) is 0.597. The van der Waals surface area contributed by atoms with E-state index < -0.39 is 0 Å². The first-order valence-corrected chi connectivity index (χ1v) is 8.54. The van der Waals surface area contributed by atoms with E-state index in [1.54, 1.807) is 6.92 Å². The molecule has 124 valence electrons. The topological polar surface area (TPSA) is 51.2 Å². The molecule has 1 saturated carbocycles. The molecule has 0 bridgehead atoms. The lowest BCUT2D eigenvalue weighted by molar-refractivity contribution is -0.127. The third kappa shape index (κ3) is 5.86. The van der Waals surface area contributed by atoms with Crippen LogP contribution in [-0.2, 0) is 14.4 Å². The summed E-state index contributed by atoms with van der Waals surface area (Å²) in [6.45, 7) is 9.47. The first-order valence-electron chi connectivity index (χ1n) is 8.54. The molecular weight excluding hydrogens is 276 g/mol. The van der Waals surface area contributed by atoms with Gasteiger partial charge in [-0.15, -0.1) is 0 Å². The van der Waals surface area contributed by atoms with Crippen LogP contribution in [0.25, 0.3) is 0 Å². The minimum atomic E-state index is 0.0669. The highest BCUT2D eigenvalue weighted by molar-refractivity contribution is 5.86. The Morgan fingerprint density at radius 3 is 2.18 bits per heavy atom. The number of ketones is 3. The van der Waals surface area contributed by atoms with Gasteiger partial charge in [-0.2, -0.15) is 0 Å². The minimum Gasteiger partial charge on any atom is -0.300 e. The van der Waals surface area contributed by atoms with E-state index in [-0.39, 0.29) is 23.3 Å². The zero-order chi connectivity index (χ0) is 16.7. The Morgan fingerprint density at radius 2 is 1.64 bits per heavy atom. The standard InChI is InChI=1S/C19H30O3/c1-5-13(2)18-10-9-17(19(22)11-7-15(4)21)12-16(18)8-6-14(3)20/h16-18H,2,5-12H2,1,3-4H3. The van der Waals surface area contributed by atoms with Crippen molar-refractivity contribution in [2.75, 3.05) is 0 Å². The summed E-state index contributed by atoms with van der Waals surface area (Å²) < 4.78 is 0. The summed E-state index contributed by atoms with van der Waals surface area (Å²) >= 11 is 0. The Morgan fingerprint density at radius 1 is 1.00 bits per heavy atom. The van der Waals surface area contributed by atoms with Gasteiger partial charge in [-0.1, -0.05) is 19.1 Å². The fourth-order valence-corrected chi connectivity index (χ4v) is 3.57. The predicted molar refractivity (Wildman–Crippen MR) is 88.6 cm³/mol. The Bertz CT molecular complexity index is 436. The summed E-state index contributed by atoms with van der Waals surface area (Å²) in [6.07, 6.45) is 5.89. The van der Waals surface area contributed by atoms with Gasteiger partial charge in [0, 0.05) is 25.2 Å². The third-order valence-corrected chi connectivity index (χ3v) is 5.01. The first-order chi connectivity index (χ1) is 10.3. The van der Waals surface area contributed by atoms with Crippen molar-refractivity contribution >= 4 is 17.3 Å². The lowest BCUT2D eigenvalue weighted by Gasteiger charge is -2.37. The van der Waals surface area contributed by atoms with Gasteiger partial charge in [0.05, 0.1) is 0 Å². The molecule has 0 amide bonds. The molecule has 3 heteroatoms. The van der Waals surface area contributed by atoms with Crippen molar-refractivity contribution < 1.29 is 14.4 Å². The van der Waals surface area contributed by atoms with Crippen LogP contribution in [0.5, 0.6) is 0 Å². The monoisotopic (exact) mass is 306 g/mol. The van der Waals surface area contributed by atoms with E-state index in [4.69, 9.17) is 0 Å². The average molecular weight is 306 g/mol. The van der Waals surface area contributed by atoms with Crippen molar-refractivity contribution in [3.8, 4) is 0 Å². The number of allylic oxidation sites excluding steroid dienone is 1. The van der Waals surface area contributed by atoms with Gasteiger partial charge in [-0.05, 0) is 57.8 Å². The number of carbonyl (C=O) groups is 3. The molecule has 0 aliphatic heterocycles. The second-order valence-electron chi connectivity index (χ2n) is 6.80. The van der Waals surface area contributed by atoms with Gasteiger partial charge < -0.3 is 9.59 Å². The molecule has 0 aromatic heterocycles. The van der Waals surface area contributed by atoms with Gasteiger partial charge >= 0.3 is 0 Å². The molecule has 0 radical (unpaired) electrons. The van der Waals surface area contributed by atoms with Crippen LogP contribution < -0.4 is 0 Å². The summed E-state index contributed by atoms with van der Waals surface area (Å²) in [6, 6.07) is 0. The molecule has 0 spiro atoms. The maximum absolute atomic E-state index is 12.3. The Labute approximate surface area is 134 Å². The fraction of sp³-hybridized carbons (Fsp3) is 0.737. The van der Waals surface area contributed by atoms with Gasteiger partial charge in [0.1, 0.15) is 17.3 Å². The molecule has 0 aromatic rings. The Hall–Kier alpha value is -1.25. The molecule has 3 nitrogen and oxygen atoms in total. The average Bonchev–Trinajstić information content (AvgIpc) is 2.49. The number of Topliss-reactive ketones (excluding diaryl/α,β-unsaturated/α-hetero) is 3. The van der Waals surface area contributed by atoms with Gasteiger partial charge in [-0.3, -0.25) is 4.79 Å². The predicted octanol–water partition coefficient (Wildman–Crippen LogP) is 4.29. The van der Waals surface area contributed by atoms with E-state index >= 15 is 0 Å². The molecule has 0 saturated heterocycles. The lowest BCUT2D eigenvalue weighted by atomic mass is 9.68. The van der Waals surface area contributed by atoms with Gasteiger partial charge in [0.2, 0.25) is 0 Å². The highest BCUT2D eigenvalue weighted by Gasteiger charge is 2.34. The number of hydrogen-bond donors (Lipinski definition) is 0. The van der Waals surface area contributed by atoms with Crippen molar-refractivity contribution in [3.05, 3.63) is 12.2 Å². The van der Waals surface area contributed by atoms with Gasteiger partial charge in [0.25, 0.3) is 0 Å². The summed E-state index contributed by atoms with van der Waals surface area (Å²) in [7, 11) is 0. The smallest absolute Gasteiger partial charge is 0.136 e. The molecule has 1 fully saturated rings. The van der Waals surface area contributed by atoms with Crippen LogP contribution in [0.2, 0.25) is 0 Å². The normalized spacial score (nSPS) is 24.8. The van der Waals surface area contributed by atoms with Crippen LogP contribution >= 0.6 is 0 Å². The summed E-state index contributed by atoms with van der Waals surface area (Å²) in [5.41, 5.74) is 1.25. The van der Waals surface area contributed by atoms with Crippen LogP contribution in [-0.4, -0.2) is 17.3 Å². The number of hydrogen-bond acceptors (Lipinski definition) is 3. The van der Waals surface area contributed by atoms with Gasteiger partial charge in [-0.25, -0.2) is 0 Å². The van der Waals surface area contributed by atoms with Crippen molar-refractivity contribution in [1.82, 2.24) is 0 Å². The maximum Gasteiger partial charge on any atom is 0.136 e. The first kappa shape index (κ1) is 18.8. The van der Waals surface area contributed by atoms with Crippen LogP contribution in [0.4, 0.5) is 0 Å². The molecule has 1 aliphatic rings. The van der Waals surface area contributed by atoms with Crippen LogP contribution in [0, 0.1) is 17.8 Å². The zero-order valence-corrected chi connectivity index (χ0v) is 14.3. The second-order valence-corrected chi connectivity index (χ2v) is 6.80. The molecule has 0 N–H and O–H groups in total. The van der Waals surface area contributed by atoms with E-state index in [2.05, 4.69) is 13.5 Å². The molecular formula is C19H30O3. The minimum absolute atomic E-state index is 0.0669. The van der Waals surface area contributed by atoms with Crippen LogP contribution in [0.15, 0.2) is 12.2 Å². The third-order valence-electron chi connectivity index (χ3n) is 5.01. The van der Waals surface area contributed by atoms with Crippen LogP contribution in [0.3, 0.4) is 0 Å². The van der Waals surface area contributed by atoms with Gasteiger partial charge in [0.15, 0.2) is 0 Å². The Balaban J connectivity index is 2.67. The molecule has 3 atom stereocenters. The van der Waals surface area contributed by atoms with Crippen molar-refractivity contribution in [2.45, 2.75) is 72.1 Å². The van der Waals surface area contributed by atoms with Crippen molar-refractivity contribution in [2.24, 2.45) is 17.8 Å². The second kappa shape index (κ2) is 9.02. The van der Waals surface area contributed by atoms with Crippen LogP contribution in [0.1, 0.15) is 72.1 Å². The molecule has 1 aliphatic carbocycles. The molecule has 3 unspecified atom stereocenters. The number of carbonyl (C=O) groups excluding carboxylic acids is 3. The summed E-state index contributed by atoms with van der Waals surface area (Å²) in [5.74, 6) is 1.42. The molecule has 22 heavy (non-hydrogen) atoms. The van der Waals surface area contributed by atoms with Crippen molar-refractivity contribution in [3.63, 3.8) is 0 Å². The lowest BCUT2D eigenvalue weighted by Crippen LogP contribution is -2.30. The molecule has 0 heterocycles. The largest absolute Gasteiger partial charge is 0.300 e. The molecule has 0 aromatic carbocycles. The fourth-order valence-electron chi connectivity index (χ4n) is 3.57. The summed E-state index contributed by atoms with van der Waals surface area (Å²) in [5, 5.41) is 0. The summed E-state index contributed by atoms with van der Waals surface area (Å²) in [4.78, 5) is 34.6. The van der Waals surface area contributed by atoms with E-state index in [0.29, 0.717) is 31.1 Å². The number of rotatable bonds is 9. The Kier molecular flexibility index (Phi) is 7.70. The SMILES string of the molecule is C=C(CC)C1CCC(C(=O)CCC(C)=O)CC1CCC(C)=O. The van der Waals surface area contributed by atoms with E-state index in [1.165, 1.54) is 12.5 Å². The van der Waals surface area contributed by atoms with E-state index in [1.807, 2.05) is 0 Å². The molecule has 1 rings (SSSR count). The maximum atomic E-state index is 12.3. The van der Waals surface area contributed by atoms with E-state index in [0.717, 1.165) is 32.1 Å². The zero-order valence-electron chi connectivity index (χ0n) is 14.3. The highest BCUT2D eigenvalue weighted by atomic mass is 16.1. The van der Waals surface area contributed by atoms with Crippen molar-refractivity contribution in [1.29, 1.82) is 0 Å². The van der Waals surface area contributed by atoms with E-state index in [9.17, 15) is 14.4 Å².